The maximum absolute atomic E-state index is 10.1. The van der Waals surface area contributed by atoms with Gasteiger partial charge in [0.15, 0.2) is 0 Å². The summed E-state index contributed by atoms with van der Waals surface area (Å²) in [6, 6.07) is 10.0. The number of benzene rings is 1. The molecular formula is C14H18OS. The second-order valence-electron chi connectivity index (χ2n) is 4.43. The topological polar surface area (TPSA) is 20.2 Å². The largest absolute Gasteiger partial charge is 0.385 e. The Kier molecular flexibility index (Phi) is 4.43. The van der Waals surface area contributed by atoms with Gasteiger partial charge in [0.2, 0.25) is 0 Å². The Balaban J connectivity index is 3.04. The Hall–Kier alpha value is -0.950. The van der Waals surface area contributed by atoms with Gasteiger partial charge < -0.3 is 5.11 Å². The molecule has 16 heavy (non-hydrogen) atoms. The van der Waals surface area contributed by atoms with E-state index in [-0.39, 0.29) is 0 Å². The molecule has 0 aliphatic heterocycles. The predicted octanol–water partition coefficient (Wildman–Crippen LogP) is 4.00. The number of thioether (sulfide) groups is 1. The Morgan fingerprint density at radius 1 is 1.19 bits per heavy atom. The molecule has 2 heteroatoms. The van der Waals surface area contributed by atoms with E-state index >= 15 is 0 Å². The van der Waals surface area contributed by atoms with Crippen molar-refractivity contribution in [2.24, 2.45) is 0 Å². The highest BCUT2D eigenvalue weighted by atomic mass is 32.2. The molecule has 1 aromatic carbocycles. The Morgan fingerprint density at radius 2 is 1.75 bits per heavy atom. The summed E-state index contributed by atoms with van der Waals surface area (Å²) in [6.45, 7) is 7.54. The Morgan fingerprint density at radius 3 is 2.19 bits per heavy atom. The molecule has 0 amide bonds. The highest BCUT2D eigenvalue weighted by Gasteiger charge is 2.20. The maximum Gasteiger partial charge on any atom is 0.0974 e. The van der Waals surface area contributed by atoms with Gasteiger partial charge in [-0.25, -0.2) is 0 Å². The van der Waals surface area contributed by atoms with Gasteiger partial charge in [0.25, 0.3) is 0 Å². The average Bonchev–Trinajstić information content (AvgIpc) is 2.16. The minimum Gasteiger partial charge on any atom is -0.385 e. The first-order chi connectivity index (χ1) is 7.39. The molecule has 0 fully saturated rings. The summed E-state index contributed by atoms with van der Waals surface area (Å²) in [6.07, 6.45) is 0. The van der Waals surface area contributed by atoms with Crippen molar-refractivity contribution in [1.29, 1.82) is 0 Å². The summed E-state index contributed by atoms with van der Waals surface area (Å²) in [5, 5.41) is 10.1. The van der Waals surface area contributed by atoms with Gasteiger partial charge in [-0.2, -0.15) is 0 Å². The van der Waals surface area contributed by atoms with Crippen LogP contribution in [0.25, 0.3) is 0 Å². The molecule has 1 rings (SSSR count). The summed E-state index contributed by atoms with van der Waals surface area (Å²) in [7, 11) is 0. The van der Waals surface area contributed by atoms with E-state index in [0.29, 0.717) is 0 Å². The minimum absolute atomic E-state index is 0.846. The van der Waals surface area contributed by atoms with Crippen molar-refractivity contribution in [3.05, 3.63) is 46.5 Å². The number of aliphatic hydroxyl groups is 1. The van der Waals surface area contributed by atoms with Crippen molar-refractivity contribution < 1.29 is 5.11 Å². The molecule has 1 aromatic rings. The van der Waals surface area contributed by atoms with E-state index in [2.05, 4.69) is 5.73 Å². The van der Waals surface area contributed by atoms with E-state index in [1.165, 1.54) is 0 Å². The number of hydrogen-bond donors (Lipinski definition) is 1. The van der Waals surface area contributed by atoms with Crippen molar-refractivity contribution in [1.82, 2.24) is 0 Å². The number of hydrogen-bond acceptors (Lipinski definition) is 2. The lowest BCUT2D eigenvalue weighted by molar-refractivity contribution is 0.129. The molecule has 0 saturated heterocycles. The molecule has 0 aliphatic carbocycles. The third kappa shape index (κ3) is 4.28. The summed E-state index contributed by atoms with van der Waals surface area (Å²) < 4.78 is 0. The van der Waals surface area contributed by atoms with Gasteiger partial charge in [0, 0.05) is 4.90 Å². The van der Waals surface area contributed by atoms with E-state index in [4.69, 9.17) is 0 Å². The molecular weight excluding hydrogens is 216 g/mol. The van der Waals surface area contributed by atoms with E-state index in [0.717, 1.165) is 15.4 Å². The van der Waals surface area contributed by atoms with E-state index in [9.17, 15) is 5.11 Å². The number of rotatable bonds is 3. The molecule has 1 N–H and O–H groups in total. The second kappa shape index (κ2) is 5.40. The van der Waals surface area contributed by atoms with Crippen LogP contribution in [-0.2, 0) is 0 Å². The highest BCUT2D eigenvalue weighted by Crippen LogP contribution is 2.33. The monoisotopic (exact) mass is 234 g/mol. The van der Waals surface area contributed by atoms with Gasteiger partial charge in [0.05, 0.1) is 10.5 Å². The fourth-order valence-corrected chi connectivity index (χ4v) is 2.17. The van der Waals surface area contributed by atoms with Crippen LogP contribution in [0.3, 0.4) is 0 Å². The molecule has 0 unspecified atom stereocenters. The Bertz CT molecular complexity index is 402. The zero-order valence-corrected chi connectivity index (χ0v) is 11.1. The van der Waals surface area contributed by atoms with Crippen molar-refractivity contribution in [3.63, 3.8) is 0 Å². The first-order valence-corrected chi connectivity index (χ1v) is 6.11. The molecule has 0 spiro atoms. The van der Waals surface area contributed by atoms with Crippen LogP contribution in [0, 0.1) is 0 Å². The second-order valence-corrected chi connectivity index (χ2v) is 5.51. The molecule has 0 aromatic heterocycles. The molecule has 86 valence electrons. The van der Waals surface area contributed by atoms with Crippen LogP contribution in [0.2, 0.25) is 0 Å². The van der Waals surface area contributed by atoms with Crippen LogP contribution in [0.1, 0.15) is 27.7 Å². The Labute approximate surface area is 102 Å². The fourth-order valence-electron chi connectivity index (χ4n) is 1.14. The highest BCUT2D eigenvalue weighted by molar-refractivity contribution is 8.03. The van der Waals surface area contributed by atoms with Crippen molar-refractivity contribution in [2.75, 3.05) is 0 Å². The SMILES string of the molecule is CC(C)=C=C(Sc1ccccc1)C(C)(C)O. The summed E-state index contributed by atoms with van der Waals surface area (Å²) >= 11 is 1.56. The zero-order valence-electron chi connectivity index (χ0n) is 10.2. The van der Waals surface area contributed by atoms with Crippen LogP contribution in [-0.4, -0.2) is 10.7 Å². The first kappa shape index (κ1) is 13.1. The summed E-state index contributed by atoms with van der Waals surface area (Å²) in [5.41, 5.74) is 3.44. The van der Waals surface area contributed by atoms with Gasteiger partial charge >= 0.3 is 0 Å². The predicted molar refractivity (Wildman–Crippen MR) is 70.5 cm³/mol. The summed E-state index contributed by atoms with van der Waals surface area (Å²) in [4.78, 5) is 1.96. The maximum atomic E-state index is 10.1. The van der Waals surface area contributed by atoms with E-state index in [1.54, 1.807) is 25.6 Å². The standard InChI is InChI=1S/C14H18OS/c1-11(2)10-13(14(3,4)15)16-12-8-6-5-7-9-12/h5-9,15H,1-4H3. The first-order valence-electron chi connectivity index (χ1n) is 5.29. The van der Waals surface area contributed by atoms with Crippen LogP contribution in [0.15, 0.2) is 51.4 Å². The molecule has 0 aliphatic rings. The van der Waals surface area contributed by atoms with Gasteiger partial charge in [0.1, 0.15) is 0 Å². The molecule has 1 nitrogen and oxygen atoms in total. The summed E-state index contributed by atoms with van der Waals surface area (Å²) in [5.74, 6) is 0. The van der Waals surface area contributed by atoms with Crippen molar-refractivity contribution >= 4 is 11.8 Å². The van der Waals surface area contributed by atoms with E-state index in [1.807, 2.05) is 44.2 Å². The van der Waals surface area contributed by atoms with E-state index < -0.39 is 5.60 Å². The van der Waals surface area contributed by atoms with Crippen LogP contribution in [0.5, 0.6) is 0 Å². The minimum atomic E-state index is -0.849. The molecule has 0 atom stereocenters. The lowest BCUT2D eigenvalue weighted by Gasteiger charge is -2.19. The third-order valence-electron chi connectivity index (χ3n) is 1.88. The van der Waals surface area contributed by atoms with Crippen LogP contribution >= 0.6 is 11.8 Å². The molecule has 0 heterocycles. The van der Waals surface area contributed by atoms with Gasteiger partial charge in [-0.3, -0.25) is 0 Å². The van der Waals surface area contributed by atoms with Gasteiger partial charge in [-0.15, -0.1) is 5.73 Å². The fraction of sp³-hybridized carbons (Fsp3) is 0.357. The van der Waals surface area contributed by atoms with Crippen LogP contribution < -0.4 is 0 Å². The lowest BCUT2D eigenvalue weighted by Crippen LogP contribution is -2.19. The van der Waals surface area contributed by atoms with Crippen molar-refractivity contribution in [2.45, 2.75) is 38.2 Å². The zero-order chi connectivity index (χ0) is 12.2. The molecule has 0 saturated carbocycles. The van der Waals surface area contributed by atoms with Crippen LogP contribution in [0.4, 0.5) is 0 Å². The smallest absolute Gasteiger partial charge is 0.0974 e. The molecule has 0 radical (unpaired) electrons. The quantitative estimate of drug-likeness (QED) is 0.630. The lowest BCUT2D eigenvalue weighted by atomic mass is 10.1. The normalized spacial score (nSPS) is 10.8. The van der Waals surface area contributed by atoms with Gasteiger partial charge in [-0.1, -0.05) is 30.0 Å². The van der Waals surface area contributed by atoms with Gasteiger partial charge in [-0.05, 0) is 45.4 Å². The average molecular weight is 234 g/mol. The van der Waals surface area contributed by atoms with Crippen molar-refractivity contribution in [3.8, 4) is 0 Å². The molecule has 0 bridgehead atoms. The third-order valence-corrected chi connectivity index (χ3v) is 3.20.